The average molecular weight is 247 g/mol. The Hall–Kier alpha value is -1.09. The highest BCUT2D eigenvalue weighted by Crippen LogP contribution is 2.31. The normalized spacial score (nSPS) is 19.6. The van der Waals surface area contributed by atoms with Crippen molar-refractivity contribution >= 4 is 5.82 Å². The van der Waals surface area contributed by atoms with E-state index in [2.05, 4.69) is 41.2 Å². The minimum absolute atomic E-state index is 0.487. The highest BCUT2D eigenvalue weighted by Gasteiger charge is 2.23. The highest BCUT2D eigenvalue weighted by atomic mass is 15.2. The van der Waals surface area contributed by atoms with Crippen LogP contribution in [0.25, 0.3) is 0 Å². The van der Waals surface area contributed by atoms with E-state index in [1.807, 2.05) is 13.2 Å². The molecule has 100 valence electrons. The summed E-state index contributed by atoms with van der Waals surface area (Å²) in [6.07, 6.45) is 5.84. The number of hydrogen-bond donors (Lipinski definition) is 1. The molecule has 3 heteroatoms. The maximum Gasteiger partial charge on any atom is 0.128 e. The van der Waals surface area contributed by atoms with Crippen LogP contribution in [0.15, 0.2) is 18.3 Å². The van der Waals surface area contributed by atoms with Gasteiger partial charge in [0, 0.05) is 25.8 Å². The smallest absolute Gasteiger partial charge is 0.128 e. The summed E-state index contributed by atoms with van der Waals surface area (Å²) in [5.74, 6) is 1.13. The van der Waals surface area contributed by atoms with E-state index < -0.39 is 0 Å². The number of rotatable bonds is 3. The Kier molecular flexibility index (Phi) is 4.23. The van der Waals surface area contributed by atoms with Gasteiger partial charge < -0.3 is 10.2 Å². The fourth-order valence-electron chi connectivity index (χ4n) is 2.56. The van der Waals surface area contributed by atoms with Gasteiger partial charge in [-0.3, -0.25) is 0 Å². The van der Waals surface area contributed by atoms with Gasteiger partial charge in [-0.2, -0.15) is 0 Å². The highest BCUT2D eigenvalue weighted by molar-refractivity contribution is 5.39. The van der Waals surface area contributed by atoms with Gasteiger partial charge in [0.1, 0.15) is 5.82 Å². The molecule has 1 aliphatic heterocycles. The molecule has 1 aromatic rings. The number of anilines is 1. The molecule has 2 heterocycles. The van der Waals surface area contributed by atoms with Gasteiger partial charge in [-0.05, 0) is 43.4 Å². The number of hydrogen-bond acceptors (Lipinski definition) is 3. The number of nitrogens with zero attached hydrogens (tertiary/aromatic N) is 2. The molecule has 0 bridgehead atoms. The van der Waals surface area contributed by atoms with Crippen molar-refractivity contribution < 1.29 is 0 Å². The van der Waals surface area contributed by atoms with E-state index in [1.54, 1.807) is 0 Å². The molecule has 2 rings (SSSR count). The monoisotopic (exact) mass is 247 g/mol. The number of nitrogens with one attached hydrogen (secondary N) is 1. The lowest BCUT2D eigenvalue weighted by Gasteiger charge is -2.24. The third kappa shape index (κ3) is 3.45. The molecular formula is C15H25N3. The van der Waals surface area contributed by atoms with Crippen LogP contribution < -0.4 is 10.2 Å². The third-order valence-electron chi connectivity index (χ3n) is 3.85. The second-order valence-electron chi connectivity index (χ2n) is 6.06. The Morgan fingerprint density at radius 1 is 1.28 bits per heavy atom. The van der Waals surface area contributed by atoms with Crippen molar-refractivity contribution in [2.45, 2.75) is 39.7 Å². The van der Waals surface area contributed by atoms with Gasteiger partial charge >= 0.3 is 0 Å². The van der Waals surface area contributed by atoms with Crippen LogP contribution in [0.5, 0.6) is 0 Å². The van der Waals surface area contributed by atoms with E-state index in [4.69, 9.17) is 0 Å². The van der Waals surface area contributed by atoms with Gasteiger partial charge in [0.05, 0.1) is 0 Å². The van der Waals surface area contributed by atoms with E-state index in [9.17, 15) is 0 Å². The van der Waals surface area contributed by atoms with Crippen molar-refractivity contribution in [1.82, 2.24) is 10.3 Å². The van der Waals surface area contributed by atoms with E-state index in [0.29, 0.717) is 5.41 Å². The SMILES string of the molecule is CNCc1ccc(N2CCCC(C)(C)CC2)nc1. The fourth-order valence-corrected chi connectivity index (χ4v) is 2.56. The molecule has 0 aliphatic carbocycles. The van der Waals surface area contributed by atoms with E-state index in [0.717, 1.165) is 25.5 Å². The summed E-state index contributed by atoms with van der Waals surface area (Å²) in [6, 6.07) is 4.33. The predicted octanol–water partition coefficient (Wildman–Crippen LogP) is 2.82. The van der Waals surface area contributed by atoms with E-state index in [-0.39, 0.29) is 0 Å². The van der Waals surface area contributed by atoms with Crippen LogP contribution in [0.4, 0.5) is 5.82 Å². The first kappa shape index (κ1) is 13.3. The predicted molar refractivity (Wildman–Crippen MR) is 76.8 cm³/mol. The maximum atomic E-state index is 4.60. The summed E-state index contributed by atoms with van der Waals surface area (Å²) in [5.41, 5.74) is 1.73. The Bertz CT molecular complexity index is 370. The minimum Gasteiger partial charge on any atom is -0.357 e. The lowest BCUT2D eigenvalue weighted by atomic mass is 9.85. The molecule has 1 saturated heterocycles. The standard InChI is InChI=1S/C15H25N3/c1-15(2)7-4-9-18(10-8-15)14-6-5-13(11-16-3)12-17-14/h5-6,12,16H,4,7-11H2,1-3H3. The topological polar surface area (TPSA) is 28.2 Å². The molecule has 1 aliphatic rings. The summed E-state index contributed by atoms with van der Waals surface area (Å²) in [6.45, 7) is 7.91. The van der Waals surface area contributed by atoms with Gasteiger partial charge in [0.15, 0.2) is 0 Å². The summed E-state index contributed by atoms with van der Waals surface area (Å²) in [5, 5.41) is 3.15. The molecule has 0 spiro atoms. The largest absolute Gasteiger partial charge is 0.357 e. The van der Waals surface area contributed by atoms with Crippen molar-refractivity contribution in [3.8, 4) is 0 Å². The van der Waals surface area contributed by atoms with Crippen LogP contribution in [0.2, 0.25) is 0 Å². The van der Waals surface area contributed by atoms with Crippen molar-refractivity contribution in [3.05, 3.63) is 23.9 Å². The zero-order valence-electron chi connectivity index (χ0n) is 11.9. The zero-order valence-corrected chi connectivity index (χ0v) is 11.9. The van der Waals surface area contributed by atoms with Crippen molar-refractivity contribution in [1.29, 1.82) is 0 Å². The maximum absolute atomic E-state index is 4.60. The Balaban J connectivity index is 2.02. The first-order chi connectivity index (χ1) is 8.61. The minimum atomic E-state index is 0.487. The van der Waals surface area contributed by atoms with Crippen LogP contribution in [0.1, 0.15) is 38.7 Å². The molecule has 0 atom stereocenters. The van der Waals surface area contributed by atoms with Crippen LogP contribution in [0.3, 0.4) is 0 Å². The van der Waals surface area contributed by atoms with Gasteiger partial charge in [-0.1, -0.05) is 19.9 Å². The number of aromatic nitrogens is 1. The number of pyridine rings is 1. The lowest BCUT2D eigenvalue weighted by Crippen LogP contribution is -2.25. The zero-order chi connectivity index (χ0) is 13.0. The molecule has 3 nitrogen and oxygen atoms in total. The average Bonchev–Trinajstić information content (AvgIpc) is 2.52. The molecule has 18 heavy (non-hydrogen) atoms. The first-order valence-electron chi connectivity index (χ1n) is 6.95. The molecule has 0 aromatic carbocycles. The molecular weight excluding hydrogens is 222 g/mol. The second kappa shape index (κ2) is 5.70. The van der Waals surface area contributed by atoms with Crippen molar-refractivity contribution in [3.63, 3.8) is 0 Å². The molecule has 0 amide bonds. The summed E-state index contributed by atoms with van der Waals surface area (Å²) < 4.78 is 0. The molecule has 1 aromatic heterocycles. The Labute approximate surface area is 111 Å². The lowest BCUT2D eigenvalue weighted by molar-refractivity contribution is 0.325. The van der Waals surface area contributed by atoms with Gasteiger partial charge in [0.2, 0.25) is 0 Å². The van der Waals surface area contributed by atoms with Crippen LogP contribution in [0, 0.1) is 5.41 Å². The van der Waals surface area contributed by atoms with Crippen molar-refractivity contribution in [2.24, 2.45) is 5.41 Å². The van der Waals surface area contributed by atoms with Crippen LogP contribution in [-0.2, 0) is 6.54 Å². The molecule has 1 fully saturated rings. The first-order valence-corrected chi connectivity index (χ1v) is 6.95. The van der Waals surface area contributed by atoms with Crippen LogP contribution in [-0.4, -0.2) is 25.1 Å². The molecule has 0 radical (unpaired) electrons. The van der Waals surface area contributed by atoms with Gasteiger partial charge in [0.25, 0.3) is 0 Å². The molecule has 0 saturated carbocycles. The van der Waals surface area contributed by atoms with Gasteiger partial charge in [-0.15, -0.1) is 0 Å². The second-order valence-corrected chi connectivity index (χ2v) is 6.06. The van der Waals surface area contributed by atoms with Crippen molar-refractivity contribution in [2.75, 3.05) is 25.0 Å². The Morgan fingerprint density at radius 3 is 2.78 bits per heavy atom. The fraction of sp³-hybridized carbons (Fsp3) is 0.667. The molecule has 0 unspecified atom stereocenters. The van der Waals surface area contributed by atoms with E-state index in [1.165, 1.54) is 24.8 Å². The van der Waals surface area contributed by atoms with Crippen LogP contribution >= 0.6 is 0 Å². The quantitative estimate of drug-likeness (QED) is 0.890. The summed E-state index contributed by atoms with van der Waals surface area (Å²) in [4.78, 5) is 7.02. The summed E-state index contributed by atoms with van der Waals surface area (Å²) in [7, 11) is 1.96. The Morgan fingerprint density at radius 2 is 2.11 bits per heavy atom. The molecule has 1 N–H and O–H groups in total. The van der Waals surface area contributed by atoms with Gasteiger partial charge in [-0.25, -0.2) is 4.98 Å². The van der Waals surface area contributed by atoms with E-state index >= 15 is 0 Å². The third-order valence-corrected chi connectivity index (χ3v) is 3.85. The summed E-state index contributed by atoms with van der Waals surface area (Å²) >= 11 is 0.